The lowest BCUT2D eigenvalue weighted by Crippen LogP contribution is -2.40. The number of hydrogen-bond acceptors (Lipinski definition) is 3. The number of halogens is 4. The summed E-state index contributed by atoms with van der Waals surface area (Å²) in [6.45, 7) is 5.44. The highest BCUT2D eigenvalue weighted by atomic mass is 35.5. The lowest BCUT2D eigenvalue weighted by atomic mass is 10.1. The van der Waals surface area contributed by atoms with Crippen LogP contribution in [0.15, 0.2) is 47.4 Å². The Labute approximate surface area is 166 Å². The van der Waals surface area contributed by atoms with E-state index in [1.54, 1.807) is 0 Å². The predicted octanol–water partition coefficient (Wildman–Crippen LogP) is 4.69. The standard InChI is InChI=1S/C18H18ClF3N2O3S/c1-17(2,3)23-16(25)11-4-7-13(8-5-11)24-28(26,27)15-10-12(18(20,21)22)6-9-14(15)19/h4-10,24H,1-3H3,(H,23,25). The first kappa shape index (κ1) is 22.0. The summed E-state index contributed by atoms with van der Waals surface area (Å²) in [5.74, 6) is -0.345. The van der Waals surface area contributed by atoms with Crippen molar-refractivity contribution in [1.82, 2.24) is 5.32 Å². The van der Waals surface area contributed by atoms with E-state index in [-0.39, 0.29) is 16.6 Å². The highest BCUT2D eigenvalue weighted by Crippen LogP contribution is 2.34. The molecule has 10 heteroatoms. The minimum Gasteiger partial charge on any atom is -0.347 e. The summed E-state index contributed by atoms with van der Waals surface area (Å²) >= 11 is 5.79. The Bertz CT molecular complexity index is 983. The van der Waals surface area contributed by atoms with Crippen LogP contribution in [-0.4, -0.2) is 19.9 Å². The van der Waals surface area contributed by atoms with Crippen LogP contribution in [0.2, 0.25) is 5.02 Å². The third kappa shape index (κ3) is 5.62. The number of amides is 1. The van der Waals surface area contributed by atoms with Crippen molar-refractivity contribution in [1.29, 1.82) is 0 Å². The van der Waals surface area contributed by atoms with Crippen LogP contribution in [0.1, 0.15) is 36.7 Å². The smallest absolute Gasteiger partial charge is 0.347 e. The number of sulfonamides is 1. The third-order valence-corrected chi connectivity index (χ3v) is 5.30. The minimum absolute atomic E-state index is 0.0702. The van der Waals surface area contributed by atoms with E-state index in [1.165, 1.54) is 24.3 Å². The van der Waals surface area contributed by atoms with Crippen LogP contribution in [0.5, 0.6) is 0 Å². The number of rotatable bonds is 4. The summed E-state index contributed by atoms with van der Waals surface area (Å²) in [5.41, 5.74) is -1.21. The van der Waals surface area contributed by atoms with Gasteiger partial charge in [-0.05, 0) is 63.2 Å². The zero-order valence-electron chi connectivity index (χ0n) is 15.2. The first-order valence-corrected chi connectivity index (χ1v) is 9.87. The molecule has 0 aromatic heterocycles. The van der Waals surface area contributed by atoms with E-state index in [4.69, 9.17) is 11.6 Å². The van der Waals surface area contributed by atoms with Crippen molar-refractivity contribution in [2.75, 3.05) is 4.72 Å². The first-order valence-electron chi connectivity index (χ1n) is 8.01. The quantitative estimate of drug-likeness (QED) is 0.733. The average Bonchev–Trinajstić information content (AvgIpc) is 2.52. The SMILES string of the molecule is CC(C)(C)NC(=O)c1ccc(NS(=O)(=O)c2cc(C(F)(F)F)ccc2Cl)cc1. The molecule has 2 aromatic rings. The number of hydrogen-bond donors (Lipinski definition) is 2. The van der Waals surface area contributed by atoms with E-state index in [0.717, 1.165) is 6.07 Å². The van der Waals surface area contributed by atoms with E-state index < -0.39 is 32.2 Å². The average molecular weight is 435 g/mol. The van der Waals surface area contributed by atoms with E-state index in [2.05, 4.69) is 10.0 Å². The van der Waals surface area contributed by atoms with Crippen LogP contribution < -0.4 is 10.0 Å². The fourth-order valence-corrected chi connectivity index (χ4v) is 3.78. The van der Waals surface area contributed by atoms with Crippen molar-refractivity contribution >= 4 is 33.2 Å². The predicted molar refractivity (Wildman–Crippen MR) is 101 cm³/mol. The fourth-order valence-electron chi connectivity index (χ4n) is 2.20. The molecule has 0 bridgehead atoms. The van der Waals surface area contributed by atoms with E-state index in [0.29, 0.717) is 17.7 Å². The van der Waals surface area contributed by atoms with E-state index >= 15 is 0 Å². The molecule has 0 aliphatic heterocycles. The van der Waals surface area contributed by atoms with E-state index in [9.17, 15) is 26.4 Å². The third-order valence-electron chi connectivity index (χ3n) is 3.44. The van der Waals surface area contributed by atoms with Crippen LogP contribution in [0.25, 0.3) is 0 Å². The van der Waals surface area contributed by atoms with Gasteiger partial charge in [0, 0.05) is 16.8 Å². The Balaban J connectivity index is 2.27. The van der Waals surface area contributed by atoms with Crippen LogP contribution in [-0.2, 0) is 16.2 Å². The number of anilines is 1. The molecule has 28 heavy (non-hydrogen) atoms. The van der Waals surface area contributed by atoms with Gasteiger partial charge in [-0.25, -0.2) is 8.42 Å². The summed E-state index contributed by atoms with van der Waals surface area (Å²) in [5, 5.41) is 2.41. The summed E-state index contributed by atoms with van der Waals surface area (Å²) in [7, 11) is -4.37. The highest BCUT2D eigenvalue weighted by molar-refractivity contribution is 7.92. The van der Waals surface area contributed by atoms with Gasteiger partial charge in [0.2, 0.25) is 0 Å². The molecule has 2 N–H and O–H groups in total. The Hall–Kier alpha value is -2.26. The second-order valence-electron chi connectivity index (χ2n) is 7.03. The van der Waals surface area contributed by atoms with Gasteiger partial charge in [-0.1, -0.05) is 11.6 Å². The largest absolute Gasteiger partial charge is 0.416 e. The maximum atomic E-state index is 12.9. The molecular weight excluding hydrogens is 417 g/mol. The summed E-state index contributed by atoms with van der Waals surface area (Å²) < 4.78 is 65.7. The molecule has 0 spiro atoms. The van der Waals surface area contributed by atoms with Crippen molar-refractivity contribution in [3.05, 3.63) is 58.6 Å². The molecule has 0 unspecified atom stereocenters. The Morgan fingerprint density at radius 3 is 2.07 bits per heavy atom. The van der Waals surface area contributed by atoms with Gasteiger partial charge in [-0.3, -0.25) is 9.52 Å². The number of carbonyl (C=O) groups excluding carboxylic acids is 1. The number of nitrogens with one attached hydrogen (secondary N) is 2. The summed E-state index contributed by atoms with van der Waals surface area (Å²) in [6.07, 6.45) is -4.71. The topological polar surface area (TPSA) is 75.3 Å². The molecule has 2 aromatic carbocycles. The molecule has 5 nitrogen and oxygen atoms in total. The lowest BCUT2D eigenvalue weighted by molar-refractivity contribution is -0.137. The minimum atomic E-state index is -4.71. The number of benzene rings is 2. The van der Waals surface area contributed by atoms with Crippen LogP contribution in [0, 0.1) is 0 Å². The molecule has 0 heterocycles. The van der Waals surface area contributed by atoms with Gasteiger partial charge >= 0.3 is 6.18 Å². The molecule has 0 aliphatic rings. The Morgan fingerprint density at radius 2 is 1.57 bits per heavy atom. The maximum absolute atomic E-state index is 12.9. The van der Waals surface area contributed by atoms with Gasteiger partial charge in [0.25, 0.3) is 15.9 Å². The molecule has 2 rings (SSSR count). The zero-order valence-corrected chi connectivity index (χ0v) is 16.8. The summed E-state index contributed by atoms with van der Waals surface area (Å²) in [6, 6.07) is 7.49. The van der Waals surface area contributed by atoms with Gasteiger partial charge in [-0.2, -0.15) is 13.2 Å². The van der Waals surface area contributed by atoms with Gasteiger partial charge in [0.15, 0.2) is 0 Å². The Morgan fingerprint density at radius 1 is 1.00 bits per heavy atom. The van der Waals surface area contributed by atoms with Crippen molar-refractivity contribution in [2.45, 2.75) is 37.4 Å². The van der Waals surface area contributed by atoms with E-state index in [1.807, 2.05) is 20.8 Å². The van der Waals surface area contributed by atoms with Gasteiger partial charge in [0.05, 0.1) is 10.6 Å². The zero-order chi connectivity index (χ0) is 21.3. The van der Waals surface area contributed by atoms with Gasteiger partial charge in [0.1, 0.15) is 4.90 Å². The Kier molecular flexibility index (Phi) is 6.01. The van der Waals surface area contributed by atoms with Crippen molar-refractivity contribution in [3.63, 3.8) is 0 Å². The molecule has 152 valence electrons. The molecule has 0 fully saturated rings. The molecule has 0 saturated heterocycles. The molecule has 0 saturated carbocycles. The van der Waals surface area contributed by atoms with Crippen molar-refractivity contribution in [2.24, 2.45) is 0 Å². The van der Waals surface area contributed by atoms with Crippen LogP contribution in [0.4, 0.5) is 18.9 Å². The molecule has 0 radical (unpaired) electrons. The van der Waals surface area contributed by atoms with Gasteiger partial charge in [-0.15, -0.1) is 0 Å². The second-order valence-corrected chi connectivity index (χ2v) is 9.09. The van der Waals surface area contributed by atoms with Crippen molar-refractivity contribution < 1.29 is 26.4 Å². The highest BCUT2D eigenvalue weighted by Gasteiger charge is 2.32. The summed E-state index contributed by atoms with van der Waals surface area (Å²) in [4.78, 5) is 11.4. The second kappa shape index (κ2) is 7.63. The molecule has 0 atom stereocenters. The van der Waals surface area contributed by atoms with Crippen LogP contribution >= 0.6 is 11.6 Å². The lowest BCUT2D eigenvalue weighted by Gasteiger charge is -2.20. The number of alkyl halides is 3. The molecule has 1 amide bonds. The fraction of sp³-hybridized carbons (Fsp3) is 0.278. The molecular formula is C18H18ClF3N2O3S. The van der Waals surface area contributed by atoms with Crippen LogP contribution in [0.3, 0.4) is 0 Å². The first-order chi connectivity index (χ1) is 12.7. The number of carbonyl (C=O) groups is 1. The van der Waals surface area contributed by atoms with Crippen molar-refractivity contribution in [3.8, 4) is 0 Å². The normalized spacial score (nSPS) is 12.5. The van der Waals surface area contributed by atoms with Gasteiger partial charge < -0.3 is 5.32 Å². The maximum Gasteiger partial charge on any atom is 0.416 e. The monoisotopic (exact) mass is 434 g/mol. The molecule has 0 aliphatic carbocycles.